The number of amides is 1. The highest BCUT2D eigenvalue weighted by atomic mass is 32.2. The van der Waals surface area contributed by atoms with Crippen molar-refractivity contribution in [3.8, 4) is 11.5 Å². The standard InChI is InChI=1S/C22H28N2O5S/c1-4-19(29-21-8-6-5-7-20(21)28-3)22(25)23-13-15-24(16-14-23)30(26,27)18-11-9-17(2)10-12-18/h5-12,19H,4,13-16H2,1-3H3. The number of carbonyl (C=O) groups excluding carboxylic acids is 1. The van der Waals surface area contributed by atoms with Gasteiger partial charge in [0.25, 0.3) is 5.91 Å². The number of hydrogen-bond acceptors (Lipinski definition) is 5. The number of ether oxygens (including phenoxy) is 2. The van der Waals surface area contributed by atoms with Gasteiger partial charge in [0.05, 0.1) is 12.0 Å². The normalized spacial score (nSPS) is 16.2. The van der Waals surface area contributed by atoms with Crippen molar-refractivity contribution < 1.29 is 22.7 Å². The Balaban J connectivity index is 1.64. The maximum absolute atomic E-state index is 13.0. The maximum atomic E-state index is 13.0. The molecule has 1 aliphatic heterocycles. The molecule has 8 heteroatoms. The fourth-order valence-corrected chi connectivity index (χ4v) is 4.81. The van der Waals surface area contributed by atoms with Gasteiger partial charge in [0.15, 0.2) is 17.6 Å². The highest BCUT2D eigenvalue weighted by molar-refractivity contribution is 7.89. The Morgan fingerprint density at radius 1 is 1.00 bits per heavy atom. The molecule has 0 bridgehead atoms. The van der Waals surface area contributed by atoms with E-state index in [9.17, 15) is 13.2 Å². The SMILES string of the molecule is CCC(Oc1ccccc1OC)C(=O)N1CCN(S(=O)(=O)c2ccc(C)cc2)CC1. The molecule has 7 nitrogen and oxygen atoms in total. The minimum Gasteiger partial charge on any atom is -0.493 e. The topological polar surface area (TPSA) is 76.2 Å². The Kier molecular flexibility index (Phi) is 6.99. The van der Waals surface area contributed by atoms with Crippen molar-refractivity contribution in [2.24, 2.45) is 0 Å². The van der Waals surface area contributed by atoms with Crippen LogP contribution in [-0.2, 0) is 14.8 Å². The van der Waals surface area contributed by atoms with E-state index in [0.717, 1.165) is 5.56 Å². The highest BCUT2D eigenvalue weighted by Gasteiger charge is 2.33. The number of piperazine rings is 1. The Labute approximate surface area is 178 Å². The fourth-order valence-electron chi connectivity index (χ4n) is 3.39. The summed E-state index contributed by atoms with van der Waals surface area (Å²) in [6, 6.07) is 14.0. The van der Waals surface area contributed by atoms with Crippen LogP contribution in [-0.4, -0.2) is 62.9 Å². The summed E-state index contributed by atoms with van der Waals surface area (Å²) in [6.07, 6.45) is -0.153. The van der Waals surface area contributed by atoms with Crippen molar-refractivity contribution in [2.45, 2.75) is 31.3 Å². The molecule has 1 saturated heterocycles. The minimum atomic E-state index is -3.56. The Bertz CT molecular complexity index is 967. The molecule has 0 N–H and O–H groups in total. The van der Waals surface area contributed by atoms with Crippen LogP contribution in [0.3, 0.4) is 0 Å². The molecule has 0 radical (unpaired) electrons. The van der Waals surface area contributed by atoms with Crippen molar-refractivity contribution in [1.82, 2.24) is 9.21 Å². The lowest BCUT2D eigenvalue weighted by atomic mass is 10.2. The zero-order chi connectivity index (χ0) is 21.7. The first kappa shape index (κ1) is 22.1. The summed E-state index contributed by atoms with van der Waals surface area (Å²) in [5.74, 6) is 0.939. The number of nitrogens with zero attached hydrogens (tertiary/aromatic N) is 2. The zero-order valence-electron chi connectivity index (χ0n) is 17.6. The molecule has 1 aliphatic rings. The van der Waals surface area contributed by atoms with Crippen molar-refractivity contribution in [1.29, 1.82) is 0 Å². The van der Waals surface area contributed by atoms with E-state index in [-0.39, 0.29) is 23.9 Å². The largest absolute Gasteiger partial charge is 0.493 e. The Hall–Kier alpha value is -2.58. The summed E-state index contributed by atoms with van der Waals surface area (Å²) in [5.41, 5.74) is 1.00. The predicted octanol–water partition coefficient (Wildman–Crippen LogP) is 2.69. The van der Waals surface area contributed by atoms with Crippen molar-refractivity contribution in [3.63, 3.8) is 0 Å². The minimum absolute atomic E-state index is 0.143. The van der Waals surface area contributed by atoms with Crippen LogP contribution in [0.1, 0.15) is 18.9 Å². The number of sulfonamides is 1. The van der Waals surface area contributed by atoms with Crippen LogP contribution in [0.4, 0.5) is 0 Å². The lowest BCUT2D eigenvalue weighted by Gasteiger charge is -2.35. The number of aryl methyl sites for hydroxylation is 1. The Morgan fingerprint density at radius 3 is 2.17 bits per heavy atom. The first-order chi connectivity index (χ1) is 14.4. The van der Waals surface area contributed by atoms with Gasteiger partial charge in [0.1, 0.15) is 0 Å². The van der Waals surface area contributed by atoms with Gasteiger partial charge >= 0.3 is 0 Å². The number of methoxy groups -OCH3 is 1. The van der Waals surface area contributed by atoms with Gasteiger partial charge in [-0.05, 0) is 37.6 Å². The average molecular weight is 433 g/mol. The fraction of sp³-hybridized carbons (Fsp3) is 0.409. The van der Waals surface area contributed by atoms with Crippen molar-refractivity contribution in [2.75, 3.05) is 33.3 Å². The smallest absolute Gasteiger partial charge is 0.263 e. The van der Waals surface area contributed by atoms with Gasteiger partial charge in [-0.2, -0.15) is 4.31 Å². The van der Waals surface area contributed by atoms with Crippen LogP contribution in [0, 0.1) is 6.92 Å². The average Bonchev–Trinajstić information content (AvgIpc) is 2.77. The van der Waals surface area contributed by atoms with Gasteiger partial charge in [0, 0.05) is 26.2 Å². The van der Waals surface area contributed by atoms with E-state index in [1.807, 2.05) is 26.0 Å². The molecule has 30 heavy (non-hydrogen) atoms. The first-order valence-corrected chi connectivity index (χ1v) is 11.5. The maximum Gasteiger partial charge on any atom is 0.263 e. The predicted molar refractivity (Wildman–Crippen MR) is 114 cm³/mol. The molecule has 0 saturated carbocycles. The molecule has 1 atom stereocenters. The molecule has 162 valence electrons. The lowest BCUT2D eigenvalue weighted by Crippen LogP contribution is -2.53. The summed E-state index contributed by atoms with van der Waals surface area (Å²) in [6.45, 7) is 4.97. The van der Waals surface area contributed by atoms with Crippen LogP contribution in [0.2, 0.25) is 0 Å². The number of hydrogen-bond donors (Lipinski definition) is 0. The highest BCUT2D eigenvalue weighted by Crippen LogP contribution is 2.28. The van der Waals surface area contributed by atoms with E-state index in [1.165, 1.54) is 4.31 Å². The quantitative estimate of drug-likeness (QED) is 0.672. The molecule has 0 aromatic heterocycles. The molecular formula is C22H28N2O5S. The van der Waals surface area contributed by atoms with Gasteiger partial charge in [0.2, 0.25) is 10.0 Å². The summed E-state index contributed by atoms with van der Waals surface area (Å²) in [7, 11) is -2.01. The van der Waals surface area contributed by atoms with Gasteiger partial charge in [-0.15, -0.1) is 0 Å². The second-order valence-electron chi connectivity index (χ2n) is 7.21. The summed E-state index contributed by atoms with van der Waals surface area (Å²) in [4.78, 5) is 14.9. The van der Waals surface area contributed by atoms with Crippen LogP contribution < -0.4 is 9.47 Å². The summed E-state index contributed by atoms with van der Waals surface area (Å²) in [5, 5.41) is 0. The van der Waals surface area contributed by atoms with E-state index in [4.69, 9.17) is 9.47 Å². The molecule has 1 amide bonds. The number of rotatable bonds is 7. The van der Waals surface area contributed by atoms with E-state index >= 15 is 0 Å². The van der Waals surface area contributed by atoms with Gasteiger partial charge in [-0.25, -0.2) is 8.42 Å². The van der Waals surface area contributed by atoms with Crippen LogP contribution in [0.25, 0.3) is 0 Å². The molecule has 1 fully saturated rings. The molecule has 2 aromatic rings. The van der Waals surface area contributed by atoms with E-state index in [0.29, 0.717) is 31.0 Å². The molecule has 3 rings (SSSR count). The van der Waals surface area contributed by atoms with Crippen LogP contribution >= 0.6 is 0 Å². The number of para-hydroxylation sites is 2. The van der Waals surface area contributed by atoms with Gasteiger partial charge < -0.3 is 14.4 Å². The van der Waals surface area contributed by atoms with Gasteiger partial charge in [-0.1, -0.05) is 36.8 Å². The van der Waals surface area contributed by atoms with E-state index < -0.39 is 16.1 Å². The molecular weight excluding hydrogens is 404 g/mol. The number of benzene rings is 2. The van der Waals surface area contributed by atoms with Crippen LogP contribution in [0.15, 0.2) is 53.4 Å². The Morgan fingerprint density at radius 2 is 1.60 bits per heavy atom. The molecule has 0 spiro atoms. The first-order valence-electron chi connectivity index (χ1n) is 10.0. The third-order valence-corrected chi connectivity index (χ3v) is 7.11. The van der Waals surface area contributed by atoms with Crippen molar-refractivity contribution in [3.05, 3.63) is 54.1 Å². The summed E-state index contributed by atoms with van der Waals surface area (Å²) < 4.78 is 38.4. The van der Waals surface area contributed by atoms with Gasteiger partial charge in [-0.3, -0.25) is 4.79 Å². The molecule has 0 aliphatic carbocycles. The molecule has 1 unspecified atom stereocenters. The second kappa shape index (κ2) is 9.49. The monoisotopic (exact) mass is 432 g/mol. The third-order valence-electron chi connectivity index (χ3n) is 5.19. The lowest BCUT2D eigenvalue weighted by molar-refractivity contribution is -0.140. The second-order valence-corrected chi connectivity index (χ2v) is 9.15. The number of carbonyl (C=O) groups is 1. The molecule has 2 aromatic carbocycles. The summed E-state index contributed by atoms with van der Waals surface area (Å²) >= 11 is 0. The zero-order valence-corrected chi connectivity index (χ0v) is 18.4. The van der Waals surface area contributed by atoms with E-state index in [2.05, 4.69) is 0 Å². The van der Waals surface area contributed by atoms with Crippen molar-refractivity contribution >= 4 is 15.9 Å². The van der Waals surface area contributed by atoms with E-state index in [1.54, 1.807) is 48.4 Å². The molecule has 1 heterocycles. The third kappa shape index (κ3) is 4.76. The van der Waals surface area contributed by atoms with Crippen LogP contribution in [0.5, 0.6) is 11.5 Å².